The monoisotopic (exact) mass is 266 g/mol. The maximum absolute atomic E-state index is 12.3. The summed E-state index contributed by atoms with van der Waals surface area (Å²) >= 11 is 0. The summed E-state index contributed by atoms with van der Waals surface area (Å²) in [5, 5.41) is 0. The Kier molecular flexibility index (Phi) is 4.93. The second-order valence-corrected chi connectivity index (χ2v) is 4.91. The summed E-state index contributed by atoms with van der Waals surface area (Å²) in [6.07, 6.45) is 7.76. The van der Waals surface area contributed by atoms with Crippen molar-refractivity contribution in [1.29, 1.82) is 0 Å². The molecule has 0 radical (unpaired) electrons. The molecule has 2 atom stereocenters. The average molecular weight is 266 g/mol. The van der Waals surface area contributed by atoms with E-state index in [0.29, 0.717) is 19.5 Å². The van der Waals surface area contributed by atoms with E-state index in [1.54, 1.807) is 19.6 Å². The van der Waals surface area contributed by atoms with E-state index in [9.17, 15) is 4.79 Å². The van der Waals surface area contributed by atoms with Crippen LogP contribution < -0.4 is 5.73 Å². The molecule has 1 amide bonds. The van der Waals surface area contributed by atoms with Crippen LogP contribution in [0.25, 0.3) is 0 Å². The van der Waals surface area contributed by atoms with E-state index in [-0.39, 0.29) is 18.1 Å². The third-order valence-electron chi connectivity index (χ3n) is 3.74. The van der Waals surface area contributed by atoms with Gasteiger partial charge < -0.3 is 19.9 Å². The first-order valence-corrected chi connectivity index (χ1v) is 6.72. The SMILES string of the molecule is COC1CCN(C(=O)CCn2ccnc2)C(CN)C1. The molecule has 1 aliphatic heterocycles. The number of carbonyl (C=O) groups is 1. The summed E-state index contributed by atoms with van der Waals surface area (Å²) in [7, 11) is 1.72. The summed E-state index contributed by atoms with van der Waals surface area (Å²) in [5.41, 5.74) is 5.77. The molecule has 19 heavy (non-hydrogen) atoms. The molecule has 0 bridgehead atoms. The largest absolute Gasteiger partial charge is 0.381 e. The van der Waals surface area contributed by atoms with Gasteiger partial charge in [0.2, 0.25) is 5.91 Å². The van der Waals surface area contributed by atoms with E-state index in [1.807, 2.05) is 15.7 Å². The van der Waals surface area contributed by atoms with Crippen molar-refractivity contribution in [3.63, 3.8) is 0 Å². The second kappa shape index (κ2) is 6.68. The van der Waals surface area contributed by atoms with E-state index in [0.717, 1.165) is 19.4 Å². The highest BCUT2D eigenvalue weighted by Gasteiger charge is 2.30. The Hall–Kier alpha value is -1.40. The van der Waals surface area contributed by atoms with E-state index in [4.69, 9.17) is 10.5 Å². The van der Waals surface area contributed by atoms with Gasteiger partial charge in [0.05, 0.1) is 12.4 Å². The molecule has 1 aromatic rings. The molecule has 0 aromatic carbocycles. The quantitative estimate of drug-likeness (QED) is 0.828. The molecule has 2 N–H and O–H groups in total. The lowest BCUT2D eigenvalue weighted by molar-refractivity contribution is -0.137. The van der Waals surface area contributed by atoms with Gasteiger partial charge in [0.25, 0.3) is 0 Å². The van der Waals surface area contributed by atoms with Crippen molar-refractivity contribution in [3.05, 3.63) is 18.7 Å². The number of hydrogen-bond acceptors (Lipinski definition) is 4. The van der Waals surface area contributed by atoms with Gasteiger partial charge in [0.15, 0.2) is 0 Å². The van der Waals surface area contributed by atoms with Gasteiger partial charge in [-0.15, -0.1) is 0 Å². The first kappa shape index (κ1) is 14.0. The lowest BCUT2D eigenvalue weighted by Gasteiger charge is -2.38. The number of amides is 1. The summed E-state index contributed by atoms with van der Waals surface area (Å²) in [6, 6.07) is 0.106. The molecule has 106 valence electrons. The molecular formula is C13H22N4O2. The zero-order chi connectivity index (χ0) is 13.7. The lowest BCUT2D eigenvalue weighted by atomic mass is 9.99. The smallest absolute Gasteiger partial charge is 0.224 e. The minimum Gasteiger partial charge on any atom is -0.381 e. The highest BCUT2D eigenvalue weighted by molar-refractivity contribution is 5.76. The van der Waals surface area contributed by atoms with E-state index in [1.165, 1.54) is 0 Å². The Labute approximate surface area is 113 Å². The fourth-order valence-electron chi connectivity index (χ4n) is 2.57. The van der Waals surface area contributed by atoms with Crippen molar-refractivity contribution in [3.8, 4) is 0 Å². The van der Waals surface area contributed by atoms with Crippen LogP contribution in [0.2, 0.25) is 0 Å². The summed E-state index contributed by atoms with van der Waals surface area (Å²) < 4.78 is 7.28. The maximum Gasteiger partial charge on any atom is 0.224 e. The van der Waals surface area contributed by atoms with Gasteiger partial charge >= 0.3 is 0 Å². The molecule has 1 aromatic heterocycles. The van der Waals surface area contributed by atoms with Crippen LogP contribution in [-0.4, -0.2) is 52.7 Å². The highest BCUT2D eigenvalue weighted by Crippen LogP contribution is 2.20. The molecule has 0 aliphatic carbocycles. The first-order chi connectivity index (χ1) is 9.24. The van der Waals surface area contributed by atoms with Crippen molar-refractivity contribution in [2.45, 2.75) is 38.0 Å². The van der Waals surface area contributed by atoms with Crippen molar-refractivity contribution < 1.29 is 9.53 Å². The van der Waals surface area contributed by atoms with Crippen LogP contribution in [0.5, 0.6) is 0 Å². The number of methoxy groups -OCH3 is 1. The summed E-state index contributed by atoms with van der Waals surface area (Å²) in [6.45, 7) is 1.90. The van der Waals surface area contributed by atoms with Gasteiger partial charge in [-0.2, -0.15) is 0 Å². The van der Waals surface area contributed by atoms with Gasteiger partial charge in [0, 0.05) is 51.6 Å². The molecule has 1 saturated heterocycles. The van der Waals surface area contributed by atoms with Gasteiger partial charge in [-0.05, 0) is 12.8 Å². The van der Waals surface area contributed by atoms with Crippen LogP contribution in [0.15, 0.2) is 18.7 Å². The number of carbonyl (C=O) groups excluding carboxylic acids is 1. The number of ether oxygens (including phenoxy) is 1. The number of aromatic nitrogens is 2. The normalized spacial score (nSPS) is 23.6. The van der Waals surface area contributed by atoms with Crippen molar-refractivity contribution in [1.82, 2.24) is 14.5 Å². The number of nitrogens with zero attached hydrogens (tertiary/aromatic N) is 3. The predicted molar refractivity (Wildman–Crippen MR) is 71.4 cm³/mol. The molecular weight excluding hydrogens is 244 g/mol. The minimum atomic E-state index is 0.106. The average Bonchev–Trinajstić information content (AvgIpc) is 2.97. The zero-order valence-electron chi connectivity index (χ0n) is 11.4. The van der Waals surface area contributed by atoms with Crippen LogP contribution in [-0.2, 0) is 16.1 Å². The first-order valence-electron chi connectivity index (χ1n) is 6.72. The maximum atomic E-state index is 12.3. The molecule has 2 rings (SSSR count). The predicted octanol–water partition coefficient (Wildman–Crippen LogP) is 0.238. The van der Waals surface area contributed by atoms with Gasteiger partial charge in [-0.1, -0.05) is 0 Å². The highest BCUT2D eigenvalue weighted by atomic mass is 16.5. The molecule has 6 heteroatoms. The van der Waals surface area contributed by atoms with Crippen LogP contribution in [0, 0.1) is 0 Å². The number of hydrogen-bond donors (Lipinski definition) is 1. The van der Waals surface area contributed by atoms with E-state index < -0.39 is 0 Å². The Morgan fingerprint density at radius 3 is 3.05 bits per heavy atom. The number of likely N-dealkylation sites (tertiary alicyclic amines) is 1. The van der Waals surface area contributed by atoms with Crippen molar-refractivity contribution in [2.24, 2.45) is 5.73 Å². The topological polar surface area (TPSA) is 73.4 Å². The molecule has 1 fully saturated rings. The summed E-state index contributed by atoms with van der Waals surface area (Å²) in [4.78, 5) is 18.1. The zero-order valence-corrected chi connectivity index (χ0v) is 11.4. The molecule has 2 unspecified atom stereocenters. The second-order valence-electron chi connectivity index (χ2n) is 4.91. The lowest BCUT2D eigenvalue weighted by Crippen LogP contribution is -2.51. The fourth-order valence-corrected chi connectivity index (χ4v) is 2.57. The third-order valence-corrected chi connectivity index (χ3v) is 3.74. The Morgan fingerprint density at radius 2 is 2.42 bits per heavy atom. The van der Waals surface area contributed by atoms with E-state index >= 15 is 0 Å². The number of piperidine rings is 1. The number of rotatable bonds is 5. The van der Waals surface area contributed by atoms with Crippen molar-refractivity contribution in [2.75, 3.05) is 20.2 Å². The van der Waals surface area contributed by atoms with Gasteiger partial charge in [-0.25, -0.2) is 4.98 Å². The molecule has 1 aliphatic rings. The van der Waals surface area contributed by atoms with Gasteiger partial charge in [0.1, 0.15) is 0 Å². The third kappa shape index (κ3) is 3.54. The Bertz CT molecular complexity index is 393. The van der Waals surface area contributed by atoms with Crippen molar-refractivity contribution >= 4 is 5.91 Å². The molecule has 0 spiro atoms. The standard InChI is InChI=1S/C13H22N4O2/c1-19-12-2-6-17(11(8-12)9-14)13(18)3-5-16-7-4-15-10-16/h4,7,10-12H,2-3,5-6,8-9,14H2,1H3. The van der Waals surface area contributed by atoms with E-state index in [2.05, 4.69) is 4.98 Å². The minimum absolute atomic E-state index is 0.106. The number of nitrogens with two attached hydrogens (primary N) is 1. The van der Waals surface area contributed by atoms with Crippen LogP contribution >= 0.6 is 0 Å². The van der Waals surface area contributed by atoms with Crippen LogP contribution in [0.3, 0.4) is 0 Å². The fraction of sp³-hybridized carbons (Fsp3) is 0.692. The van der Waals surface area contributed by atoms with Crippen LogP contribution in [0.1, 0.15) is 19.3 Å². The molecule has 6 nitrogen and oxygen atoms in total. The van der Waals surface area contributed by atoms with Gasteiger partial charge in [-0.3, -0.25) is 4.79 Å². The van der Waals surface area contributed by atoms with Crippen LogP contribution in [0.4, 0.5) is 0 Å². The Morgan fingerprint density at radius 1 is 1.58 bits per heavy atom. The number of imidazole rings is 1. The summed E-state index contributed by atoms with van der Waals surface area (Å²) in [5.74, 6) is 0.165. The Balaban J connectivity index is 1.87. The molecule has 2 heterocycles. The molecule has 0 saturated carbocycles. The number of aryl methyl sites for hydroxylation is 1.